The molecular weight excluding hydrogens is 362 g/mol. The maximum Gasteiger partial charge on any atom is 0.269 e. The summed E-state index contributed by atoms with van der Waals surface area (Å²) in [5.41, 5.74) is 3.07. The van der Waals surface area contributed by atoms with Crippen molar-refractivity contribution in [3.05, 3.63) is 83.1 Å². The highest BCUT2D eigenvalue weighted by atomic mass is 35.5. The number of carbonyl (C=O) groups is 1. The second-order valence-electron chi connectivity index (χ2n) is 5.92. The first-order valence-electron chi connectivity index (χ1n) is 8.54. The van der Waals surface area contributed by atoms with Gasteiger partial charge in [-0.15, -0.1) is 0 Å². The van der Waals surface area contributed by atoms with Crippen molar-refractivity contribution >= 4 is 28.9 Å². The molecule has 0 aliphatic heterocycles. The largest absolute Gasteiger partial charge is 0.497 e. The Bertz CT molecular complexity index is 931. The van der Waals surface area contributed by atoms with Gasteiger partial charge in [-0.3, -0.25) is 9.78 Å². The van der Waals surface area contributed by atoms with Gasteiger partial charge in [-0.25, -0.2) is 0 Å². The highest BCUT2D eigenvalue weighted by molar-refractivity contribution is 6.30. The van der Waals surface area contributed by atoms with Gasteiger partial charge in [0.2, 0.25) is 0 Å². The van der Waals surface area contributed by atoms with Crippen molar-refractivity contribution in [2.45, 2.75) is 6.42 Å². The Balaban J connectivity index is 1.59. The van der Waals surface area contributed by atoms with Crippen LogP contribution in [0, 0.1) is 0 Å². The van der Waals surface area contributed by atoms with Crippen molar-refractivity contribution in [2.75, 3.05) is 19.0 Å². The zero-order valence-corrected chi connectivity index (χ0v) is 15.7. The zero-order valence-electron chi connectivity index (χ0n) is 14.9. The summed E-state index contributed by atoms with van der Waals surface area (Å²) in [5, 5.41) is 6.82. The second-order valence-corrected chi connectivity index (χ2v) is 6.36. The maximum atomic E-state index is 12.4. The highest BCUT2D eigenvalue weighted by Gasteiger charge is 2.08. The minimum atomic E-state index is -0.216. The Morgan fingerprint density at radius 1 is 1.07 bits per heavy atom. The summed E-state index contributed by atoms with van der Waals surface area (Å²) in [6.45, 7) is 0.508. The smallest absolute Gasteiger partial charge is 0.269 e. The maximum absolute atomic E-state index is 12.4. The van der Waals surface area contributed by atoms with E-state index >= 15 is 0 Å². The predicted octanol–water partition coefficient (Wildman–Crippen LogP) is 4.46. The number of ether oxygens (including phenoxy) is 1. The van der Waals surface area contributed by atoms with E-state index in [1.54, 1.807) is 19.4 Å². The normalized spacial score (nSPS) is 10.3. The standard InChI is InChI=1S/C21H20ClN3O2/c1-27-19-7-3-6-17(13-19)25-18-9-11-23-20(14-18)21(26)24-10-8-15-4-2-5-16(22)12-15/h2-7,9,11-14H,8,10H2,1H3,(H,23,25)(H,24,26). The van der Waals surface area contributed by atoms with Gasteiger partial charge in [-0.1, -0.05) is 29.8 Å². The SMILES string of the molecule is COc1cccc(Nc2ccnc(C(=O)NCCc3cccc(Cl)c3)c2)c1. The van der Waals surface area contributed by atoms with E-state index in [0.717, 1.165) is 22.7 Å². The number of benzene rings is 2. The van der Waals surface area contributed by atoms with Crippen LogP contribution in [0.5, 0.6) is 5.75 Å². The zero-order chi connectivity index (χ0) is 19.1. The fraction of sp³-hybridized carbons (Fsp3) is 0.143. The number of methoxy groups -OCH3 is 1. The Morgan fingerprint density at radius 3 is 2.70 bits per heavy atom. The summed E-state index contributed by atoms with van der Waals surface area (Å²) in [6.07, 6.45) is 2.31. The van der Waals surface area contributed by atoms with Crippen LogP contribution in [0.25, 0.3) is 0 Å². The number of nitrogens with zero attached hydrogens (tertiary/aromatic N) is 1. The number of aromatic nitrogens is 1. The third-order valence-corrected chi connectivity index (χ3v) is 4.17. The molecule has 0 unspecified atom stereocenters. The van der Waals surface area contributed by atoms with Crippen LogP contribution in [-0.4, -0.2) is 24.5 Å². The van der Waals surface area contributed by atoms with Crippen LogP contribution in [0.3, 0.4) is 0 Å². The van der Waals surface area contributed by atoms with E-state index in [1.807, 2.05) is 54.6 Å². The number of hydrogen-bond donors (Lipinski definition) is 2. The van der Waals surface area contributed by atoms with Gasteiger partial charge < -0.3 is 15.4 Å². The van der Waals surface area contributed by atoms with E-state index < -0.39 is 0 Å². The molecule has 1 heterocycles. The number of hydrogen-bond acceptors (Lipinski definition) is 4. The van der Waals surface area contributed by atoms with Crippen LogP contribution in [0.15, 0.2) is 66.9 Å². The molecule has 138 valence electrons. The van der Waals surface area contributed by atoms with Gasteiger partial charge in [0.1, 0.15) is 11.4 Å². The molecule has 6 heteroatoms. The molecule has 3 rings (SSSR count). The Kier molecular flexibility index (Phi) is 6.28. The topological polar surface area (TPSA) is 63.2 Å². The van der Waals surface area contributed by atoms with Gasteiger partial charge in [0.15, 0.2) is 0 Å². The fourth-order valence-electron chi connectivity index (χ4n) is 2.60. The lowest BCUT2D eigenvalue weighted by Gasteiger charge is -2.10. The molecule has 3 aromatic rings. The molecule has 27 heavy (non-hydrogen) atoms. The van der Waals surface area contributed by atoms with Crippen LogP contribution in [0.4, 0.5) is 11.4 Å². The lowest BCUT2D eigenvalue weighted by Crippen LogP contribution is -2.26. The molecule has 0 radical (unpaired) electrons. The quantitative estimate of drug-likeness (QED) is 0.634. The van der Waals surface area contributed by atoms with E-state index in [9.17, 15) is 4.79 Å². The summed E-state index contributed by atoms with van der Waals surface area (Å²) < 4.78 is 5.22. The number of pyridine rings is 1. The van der Waals surface area contributed by atoms with Crippen LogP contribution in [0.2, 0.25) is 5.02 Å². The molecule has 1 amide bonds. The van der Waals surface area contributed by atoms with Crippen LogP contribution in [-0.2, 0) is 6.42 Å². The molecular formula is C21H20ClN3O2. The molecule has 0 aliphatic carbocycles. The van der Waals surface area contributed by atoms with Crippen molar-refractivity contribution in [2.24, 2.45) is 0 Å². The van der Waals surface area contributed by atoms with Crippen molar-refractivity contribution in [3.8, 4) is 5.75 Å². The van der Waals surface area contributed by atoms with E-state index in [4.69, 9.17) is 16.3 Å². The van der Waals surface area contributed by atoms with E-state index in [-0.39, 0.29) is 5.91 Å². The lowest BCUT2D eigenvalue weighted by atomic mass is 10.1. The molecule has 0 bridgehead atoms. The van der Waals surface area contributed by atoms with Crippen molar-refractivity contribution < 1.29 is 9.53 Å². The molecule has 2 N–H and O–H groups in total. The summed E-state index contributed by atoms with van der Waals surface area (Å²) >= 11 is 5.97. The molecule has 0 fully saturated rings. The predicted molar refractivity (Wildman–Crippen MR) is 108 cm³/mol. The number of amides is 1. The van der Waals surface area contributed by atoms with Crippen LogP contribution < -0.4 is 15.4 Å². The minimum Gasteiger partial charge on any atom is -0.497 e. The van der Waals surface area contributed by atoms with Gasteiger partial charge >= 0.3 is 0 Å². The Morgan fingerprint density at radius 2 is 1.89 bits per heavy atom. The highest BCUT2D eigenvalue weighted by Crippen LogP contribution is 2.21. The van der Waals surface area contributed by atoms with Gasteiger partial charge in [0.25, 0.3) is 5.91 Å². The van der Waals surface area contributed by atoms with Crippen molar-refractivity contribution in [3.63, 3.8) is 0 Å². The molecule has 1 aromatic heterocycles. The van der Waals surface area contributed by atoms with E-state index in [1.165, 1.54) is 0 Å². The third kappa shape index (κ3) is 5.46. The van der Waals surface area contributed by atoms with Crippen molar-refractivity contribution in [1.82, 2.24) is 10.3 Å². The van der Waals surface area contributed by atoms with Gasteiger partial charge in [-0.2, -0.15) is 0 Å². The van der Waals surface area contributed by atoms with Gasteiger partial charge in [0.05, 0.1) is 7.11 Å². The van der Waals surface area contributed by atoms with Crippen molar-refractivity contribution in [1.29, 1.82) is 0 Å². The molecule has 0 atom stereocenters. The van der Waals surface area contributed by atoms with Crippen LogP contribution in [0.1, 0.15) is 16.1 Å². The monoisotopic (exact) mass is 381 g/mol. The second kappa shape index (κ2) is 9.05. The summed E-state index contributed by atoms with van der Waals surface area (Å²) in [4.78, 5) is 16.5. The number of halogens is 1. The molecule has 0 aliphatic rings. The first-order valence-corrected chi connectivity index (χ1v) is 8.91. The summed E-state index contributed by atoms with van der Waals surface area (Å²) in [7, 11) is 1.62. The van der Waals surface area contributed by atoms with Gasteiger partial charge in [-0.05, 0) is 48.4 Å². The molecule has 2 aromatic carbocycles. The average Bonchev–Trinajstić information content (AvgIpc) is 2.68. The first kappa shape index (κ1) is 18.7. The number of carbonyl (C=O) groups excluding carboxylic acids is 1. The first-order chi connectivity index (χ1) is 13.1. The molecule has 0 spiro atoms. The minimum absolute atomic E-state index is 0.216. The fourth-order valence-corrected chi connectivity index (χ4v) is 2.82. The molecule has 0 saturated carbocycles. The van der Waals surface area contributed by atoms with Crippen LogP contribution >= 0.6 is 11.6 Å². The average molecular weight is 382 g/mol. The Hall–Kier alpha value is -3.05. The molecule has 0 saturated heterocycles. The third-order valence-electron chi connectivity index (χ3n) is 3.94. The molecule has 5 nitrogen and oxygen atoms in total. The van der Waals surface area contributed by atoms with E-state index in [0.29, 0.717) is 23.7 Å². The Labute approximate surface area is 163 Å². The van der Waals surface area contributed by atoms with E-state index in [2.05, 4.69) is 15.6 Å². The number of rotatable bonds is 7. The summed E-state index contributed by atoms with van der Waals surface area (Å²) in [5.74, 6) is 0.541. The number of nitrogens with one attached hydrogen (secondary N) is 2. The summed E-state index contributed by atoms with van der Waals surface area (Å²) in [6, 6.07) is 18.7. The number of anilines is 2. The lowest BCUT2D eigenvalue weighted by molar-refractivity contribution is 0.0949. The van der Waals surface area contributed by atoms with Gasteiger partial charge in [0, 0.05) is 35.2 Å².